The van der Waals surface area contributed by atoms with Gasteiger partial charge in [-0.3, -0.25) is 4.79 Å². The molecule has 1 aliphatic carbocycles. The highest BCUT2D eigenvalue weighted by atomic mass is 79.9. The van der Waals surface area contributed by atoms with Gasteiger partial charge in [0.05, 0.1) is 14.9 Å². The van der Waals surface area contributed by atoms with Crippen LogP contribution in [0.25, 0.3) is 0 Å². The number of halogens is 3. The Labute approximate surface area is 121 Å². The number of ketones is 1. The molecule has 0 amide bonds. The molecule has 0 spiro atoms. The number of rotatable bonds is 2. The fourth-order valence-electron chi connectivity index (χ4n) is 2.30. The van der Waals surface area contributed by atoms with E-state index in [1.54, 1.807) is 6.07 Å². The maximum atomic E-state index is 13.9. The van der Waals surface area contributed by atoms with E-state index in [1.165, 1.54) is 22.3 Å². The van der Waals surface area contributed by atoms with E-state index < -0.39 is 23.0 Å². The number of benzene rings is 1. The van der Waals surface area contributed by atoms with Gasteiger partial charge in [0.2, 0.25) is 5.78 Å². The molecule has 5 heteroatoms. The fourth-order valence-corrected chi connectivity index (χ4v) is 3.83. The van der Waals surface area contributed by atoms with Gasteiger partial charge in [0.25, 0.3) is 0 Å². The third kappa shape index (κ3) is 2.15. The monoisotopic (exact) mass is 342 g/mol. The zero-order valence-electron chi connectivity index (χ0n) is 9.80. The zero-order chi connectivity index (χ0) is 13.6. The van der Waals surface area contributed by atoms with Crippen LogP contribution >= 0.6 is 27.3 Å². The molecule has 1 aromatic carbocycles. The Hall–Kier alpha value is -1.07. The predicted octanol–water partition coefficient (Wildman–Crippen LogP) is 4.51. The normalized spacial score (nSPS) is 13.6. The van der Waals surface area contributed by atoms with Crippen molar-refractivity contribution in [3.8, 4) is 0 Å². The molecule has 0 radical (unpaired) electrons. The highest BCUT2D eigenvalue weighted by Gasteiger charge is 2.25. The molecule has 19 heavy (non-hydrogen) atoms. The number of carbonyl (C=O) groups excluding carboxylic acids is 1. The van der Waals surface area contributed by atoms with Crippen LogP contribution < -0.4 is 0 Å². The van der Waals surface area contributed by atoms with Gasteiger partial charge in [-0.1, -0.05) is 0 Å². The smallest absolute Gasteiger partial charge is 0.208 e. The molecule has 0 fully saturated rings. The average Bonchev–Trinajstić information content (AvgIpc) is 2.94. The summed E-state index contributed by atoms with van der Waals surface area (Å²) in [6, 6.07) is 4.13. The second-order valence-electron chi connectivity index (χ2n) is 4.46. The summed E-state index contributed by atoms with van der Waals surface area (Å²) in [6.45, 7) is 0. The number of aryl methyl sites for hydroxylation is 2. The minimum absolute atomic E-state index is 0.0985. The van der Waals surface area contributed by atoms with Gasteiger partial charge in [-0.2, -0.15) is 0 Å². The summed E-state index contributed by atoms with van der Waals surface area (Å²) < 4.78 is 27.7. The zero-order valence-corrected chi connectivity index (χ0v) is 12.2. The third-order valence-corrected chi connectivity index (χ3v) is 5.09. The molecule has 2 aromatic rings. The SMILES string of the molecule is O=C(c1cc2c(s1)CCC2)c1c(F)ccc(Br)c1F. The summed E-state index contributed by atoms with van der Waals surface area (Å²) in [5.41, 5.74) is 0.665. The van der Waals surface area contributed by atoms with Crippen molar-refractivity contribution in [2.45, 2.75) is 19.3 Å². The molecule has 1 heterocycles. The molecule has 0 saturated carbocycles. The van der Waals surface area contributed by atoms with Crippen LogP contribution in [0.1, 0.15) is 32.1 Å². The molecular formula is C14H9BrF2OS. The molecule has 0 saturated heterocycles. The standard InChI is InChI=1S/C14H9BrF2OS/c15-8-4-5-9(16)12(13(8)17)14(18)11-6-7-2-1-3-10(7)19-11/h4-6H,1-3H2. The second kappa shape index (κ2) is 4.80. The van der Waals surface area contributed by atoms with Crippen LogP contribution in [-0.2, 0) is 12.8 Å². The Kier molecular flexibility index (Phi) is 3.27. The highest BCUT2D eigenvalue weighted by Crippen LogP contribution is 2.33. The third-order valence-electron chi connectivity index (χ3n) is 3.24. The summed E-state index contributed by atoms with van der Waals surface area (Å²) >= 11 is 4.33. The van der Waals surface area contributed by atoms with Gasteiger partial charge in [0.1, 0.15) is 5.82 Å². The van der Waals surface area contributed by atoms with Crippen LogP contribution in [0, 0.1) is 11.6 Å². The summed E-state index contributed by atoms with van der Waals surface area (Å²) in [5, 5.41) is 0. The fraction of sp³-hybridized carbons (Fsp3) is 0.214. The first-order valence-corrected chi connectivity index (χ1v) is 7.48. The van der Waals surface area contributed by atoms with Crippen molar-refractivity contribution in [2.75, 3.05) is 0 Å². The summed E-state index contributed by atoms with van der Waals surface area (Å²) in [7, 11) is 0. The van der Waals surface area contributed by atoms with Crippen molar-refractivity contribution in [1.29, 1.82) is 0 Å². The number of hydrogen-bond donors (Lipinski definition) is 0. The molecule has 0 bridgehead atoms. The van der Waals surface area contributed by atoms with E-state index in [4.69, 9.17) is 0 Å². The molecule has 1 aliphatic rings. The van der Waals surface area contributed by atoms with Crippen molar-refractivity contribution in [3.05, 3.63) is 55.2 Å². The average molecular weight is 343 g/mol. The van der Waals surface area contributed by atoms with Gasteiger partial charge in [0, 0.05) is 4.88 Å². The molecule has 1 aromatic heterocycles. The topological polar surface area (TPSA) is 17.1 Å². The first-order chi connectivity index (χ1) is 9.08. The lowest BCUT2D eigenvalue weighted by Gasteiger charge is -2.04. The molecule has 0 aliphatic heterocycles. The van der Waals surface area contributed by atoms with E-state index in [0.717, 1.165) is 30.9 Å². The Balaban J connectivity index is 2.06. The van der Waals surface area contributed by atoms with Crippen LogP contribution in [0.5, 0.6) is 0 Å². The number of hydrogen-bond acceptors (Lipinski definition) is 2. The number of carbonyl (C=O) groups is 1. The minimum atomic E-state index is -0.835. The Morgan fingerprint density at radius 2 is 2.05 bits per heavy atom. The second-order valence-corrected chi connectivity index (χ2v) is 6.45. The number of thiophene rings is 1. The highest BCUT2D eigenvalue weighted by molar-refractivity contribution is 9.10. The van der Waals surface area contributed by atoms with Crippen LogP contribution in [0.15, 0.2) is 22.7 Å². The van der Waals surface area contributed by atoms with Gasteiger partial charge >= 0.3 is 0 Å². The molecule has 98 valence electrons. The maximum absolute atomic E-state index is 13.9. The summed E-state index contributed by atoms with van der Waals surface area (Å²) in [5.74, 6) is -2.23. The lowest BCUT2D eigenvalue weighted by molar-refractivity contribution is 0.103. The Bertz CT molecular complexity index is 657. The maximum Gasteiger partial charge on any atom is 0.208 e. The largest absolute Gasteiger partial charge is 0.287 e. The molecule has 0 N–H and O–H groups in total. The molecule has 0 atom stereocenters. The Morgan fingerprint density at radius 3 is 2.79 bits per heavy atom. The first-order valence-electron chi connectivity index (χ1n) is 5.87. The molecule has 0 unspecified atom stereocenters. The van der Waals surface area contributed by atoms with Crippen LogP contribution in [0.2, 0.25) is 0 Å². The first kappa shape index (κ1) is 12.9. The van der Waals surface area contributed by atoms with E-state index in [9.17, 15) is 13.6 Å². The van der Waals surface area contributed by atoms with E-state index in [1.807, 2.05) is 0 Å². The lowest BCUT2D eigenvalue weighted by Crippen LogP contribution is -2.06. The lowest BCUT2D eigenvalue weighted by atomic mass is 10.1. The summed E-state index contributed by atoms with van der Waals surface area (Å²) in [6.07, 6.45) is 2.99. The van der Waals surface area contributed by atoms with E-state index in [-0.39, 0.29) is 4.47 Å². The van der Waals surface area contributed by atoms with Gasteiger partial charge in [-0.05, 0) is 59.0 Å². The van der Waals surface area contributed by atoms with E-state index in [2.05, 4.69) is 15.9 Å². The van der Waals surface area contributed by atoms with Crippen molar-refractivity contribution in [2.24, 2.45) is 0 Å². The molecule has 1 nitrogen and oxygen atoms in total. The van der Waals surface area contributed by atoms with Crippen LogP contribution in [0.4, 0.5) is 8.78 Å². The van der Waals surface area contributed by atoms with Gasteiger partial charge < -0.3 is 0 Å². The van der Waals surface area contributed by atoms with E-state index >= 15 is 0 Å². The van der Waals surface area contributed by atoms with Gasteiger partial charge in [-0.15, -0.1) is 11.3 Å². The van der Waals surface area contributed by atoms with Crippen molar-refractivity contribution >= 4 is 33.0 Å². The quantitative estimate of drug-likeness (QED) is 0.579. The van der Waals surface area contributed by atoms with Crippen molar-refractivity contribution < 1.29 is 13.6 Å². The van der Waals surface area contributed by atoms with Gasteiger partial charge in [0.15, 0.2) is 5.82 Å². The summed E-state index contributed by atoms with van der Waals surface area (Å²) in [4.78, 5) is 13.8. The van der Waals surface area contributed by atoms with Crippen molar-refractivity contribution in [1.82, 2.24) is 0 Å². The minimum Gasteiger partial charge on any atom is -0.287 e. The number of fused-ring (bicyclic) bond motifs is 1. The van der Waals surface area contributed by atoms with E-state index in [0.29, 0.717) is 4.88 Å². The Morgan fingerprint density at radius 1 is 1.26 bits per heavy atom. The molecular weight excluding hydrogens is 334 g/mol. The van der Waals surface area contributed by atoms with Gasteiger partial charge in [-0.25, -0.2) is 8.78 Å². The predicted molar refractivity (Wildman–Crippen MR) is 73.8 cm³/mol. The molecule has 3 rings (SSSR count). The van der Waals surface area contributed by atoms with Crippen molar-refractivity contribution in [3.63, 3.8) is 0 Å². The van der Waals surface area contributed by atoms with Crippen LogP contribution in [-0.4, -0.2) is 5.78 Å². The van der Waals surface area contributed by atoms with Crippen LogP contribution in [0.3, 0.4) is 0 Å².